The molecule has 0 heterocycles. The van der Waals surface area contributed by atoms with Crippen LogP contribution in [0.25, 0.3) is 0 Å². The largest absolute Gasteiger partial charge is 0.481 e. The number of hydrogen-bond acceptors (Lipinski definition) is 2. The first-order valence-corrected chi connectivity index (χ1v) is 6.51. The van der Waals surface area contributed by atoms with Crippen molar-refractivity contribution in [2.24, 2.45) is 11.3 Å². The first kappa shape index (κ1) is 13.5. The second-order valence-corrected chi connectivity index (χ2v) is 4.98. The number of carboxylic acids is 1. The molecule has 1 rings (SSSR count). The zero-order valence-electron chi connectivity index (χ0n) is 10.2. The van der Waals surface area contributed by atoms with Crippen molar-refractivity contribution in [2.75, 3.05) is 6.61 Å². The molecule has 0 aromatic heterocycles. The molecule has 2 atom stereocenters. The topological polar surface area (TPSA) is 57.5 Å². The van der Waals surface area contributed by atoms with Crippen molar-refractivity contribution in [3.8, 4) is 0 Å². The molecule has 3 heteroatoms. The van der Waals surface area contributed by atoms with E-state index in [1.54, 1.807) is 0 Å². The Labute approximate surface area is 97.9 Å². The number of aliphatic hydroxyl groups is 1. The summed E-state index contributed by atoms with van der Waals surface area (Å²) in [5.41, 5.74) is -0.580. The van der Waals surface area contributed by atoms with Crippen molar-refractivity contribution in [3.05, 3.63) is 0 Å². The summed E-state index contributed by atoms with van der Waals surface area (Å²) in [4.78, 5) is 11.6. The summed E-state index contributed by atoms with van der Waals surface area (Å²) < 4.78 is 0. The molecule has 1 aliphatic rings. The highest BCUT2D eigenvalue weighted by Crippen LogP contribution is 2.43. The maximum Gasteiger partial charge on any atom is 0.309 e. The number of carbonyl (C=O) groups is 1. The normalized spacial score (nSPS) is 31.8. The van der Waals surface area contributed by atoms with Gasteiger partial charge in [0.05, 0.1) is 5.41 Å². The van der Waals surface area contributed by atoms with Crippen LogP contribution in [-0.2, 0) is 4.79 Å². The molecule has 0 amide bonds. The molecule has 0 aromatic carbocycles. The summed E-state index contributed by atoms with van der Waals surface area (Å²) in [6.07, 6.45) is 7.56. The Hall–Kier alpha value is -0.570. The fraction of sp³-hybridized carbons (Fsp3) is 0.923. The fourth-order valence-electron chi connectivity index (χ4n) is 3.14. The minimum Gasteiger partial charge on any atom is -0.481 e. The highest BCUT2D eigenvalue weighted by atomic mass is 16.4. The Bertz CT molecular complexity index is 227. The molecule has 0 spiro atoms. The molecule has 2 unspecified atom stereocenters. The zero-order chi connectivity index (χ0) is 12.0. The van der Waals surface area contributed by atoms with Crippen LogP contribution in [0.15, 0.2) is 0 Å². The Morgan fingerprint density at radius 3 is 2.56 bits per heavy atom. The quantitative estimate of drug-likeness (QED) is 0.778. The van der Waals surface area contributed by atoms with Crippen molar-refractivity contribution in [1.82, 2.24) is 0 Å². The van der Waals surface area contributed by atoms with Crippen LogP contribution in [0.3, 0.4) is 0 Å². The van der Waals surface area contributed by atoms with E-state index in [9.17, 15) is 9.90 Å². The first-order chi connectivity index (χ1) is 7.67. The van der Waals surface area contributed by atoms with Crippen LogP contribution in [0.5, 0.6) is 0 Å². The maximum absolute atomic E-state index is 11.6. The van der Waals surface area contributed by atoms with Gasteiger partial charge < -0.3 is 10.2 Å². The third-order valence-electron chi connectivity index (χ3n) is 4.24. The average Bonchev–Trinajstić information content (AvgIpc) is 2.23. The Morgan fingerprint density at radius 1 is 1.31 bits per heavy atom. The lowest BCUT2D eigenvalue weighted by molar-refractivity contribution is -0.155. The van der Waals surface area contributed by atoms with Gasteiger partial charge in [0.1, 0.15) is 0 Å². The van der Waals surface area contributed by atoms with Crippen molar-refractivity contribution < 1.29 is 15.0 Å². The van der Waals surface area contributed by atoms with Gasteiger partial charge in [0.25, 0.3) is 0 Å². The summed E-state index contributed by atoms with van der Waals surface area (Å²) in [6.45, 7) is 2.08. The Morgan fingerprint density at radius 2 is 2.00 bits per heavy atom. The molecular weight excluding hydrogens is 204 g/mol. The van der Waals surface area contributed by atoms with Gasteiger partial charge in [0.2, 0.25) is 0 Å². The summed E-state index contributed by atoms with van der Waals surface area (Å²) in [7, 11) is 0. The molecule has 0 bridgehead atoms. The van der Waals surface area contributed by atoms with Gasteiger partial charge in [-0.2, -0.15) is 0 Å². The highest BCUT2D eigenvalue weighted by molar-refractivity contribution is 5.75. The molecule has 0 aliphatic heterocycles. The lowest BCUT2D eigenvalue weighted by atomic mass is 9.65. The number of rotatable bonds is 4. The average molecular weight is 228 g/mol. The predicted octanol–water partition coefficient (Wildman–Crippen LogP) is 2.82. The van der Waals surface area contributed by atoms with Gasteiger partial charge in [-0.1, -0.05) is 32.6 Å². The summed E-state index contributed by atoms with van der Waals surface area (Å²) in [6, 6.07) is 0. The van der Waals surface area contributed by atoms with Gasteiger partial charge in [-0.15, -0.1) is 0 Å². The lowest BCUT2D eigenvalue weighted by Crippen LogP contribution is -2.39. The lowest BCUT2D eigenvalue weighted by Gasteiger charge is -2.38. The molecule has 1 aliphatic carbocycles. The van der Waals surface area contributed by atoms with Crippen LogP contribution in [0, 0.1) is 11.3 Å². The molecule has 1 fully saturated rings. The highest BCUT2D eigenvalue weighted by Gasteiger charge is 2.43. The van der Waals surface area contributed by atoms with E-state index in [1.165, 1.54) is 6.42 Å². The Kier molecular flexibility index (Phi) is 5.26. The SMILES string of the molecule is CCC1(C(=O)O)CCCCCCC1CCO. The number of hydrogen-bond donors (Lipinski definition) is 2. The third kappa shape index (κ3) is 2.76. The second-order valence-electron chi connectivity index (χ2n) is 4.98. The van der Waals surface area contributed by atoms with E-state index in [0.29, 0.717) is 12.8 Å². The van der Waals surface area contributed by atoms with E-state index >= 15 is 0 Å². The van der Waals surface area contributed by atoms with Crippen molar-refractivity contribution in [3.63, 3.8) is 0 Å². The van der Waals surface area contributed by atoms with Crippen LogP contribution in [0.2, 0.25) is 0 Å². The summed E-state index contributed by atoms with van der Waals surface area (Å²) in [5, 5.41) is 18.6. The van der Waals surface area contributed by atoms with E-state index in [2.05, 4.69) is 0 Å². The molecule has 2 N–H and O–H groups in total. The minimum absolute atomic E-state index is 0.111. The molecule has 3 nitrogen and oxygen atoms in total. The number of aliphatic hydroxyl groups excluding tert-OH is 1. The molecule has 0 saturated heterocycles. The van der Waals surface area contributed by atoms with E-state index in [0.717, 1.165) is 32.1 Å². The molecular formula is C13H24O3. The van der Waals surface area contributed by atoms with Crippen LogP contribution >= 0.6 is 0 Å². The summed E-state index contributed by atoms with van der Waals surface area (Å²) in [5.74, 6) is -0.504. The van der Waals surface area contributed by atoms with E-state index < -0.39 is 11.4 Å². The van der Waals surface area contributed by atoms with E-state index in [-0.39, 0.29) is 12.5 Å². The van der Waals surface area contributed by atoms with Crippen LogP contribution in [0.1, 0.15) is 58.3 Å². The van der Waals surface area contributed by atoms with E-state index in [1.807, 2.05) is 6.92 Å². The molecule has 94 valence electrons. The van der Waals surface area contributed by atoms with Crippen molar-refractivity contribution in [2.45, 2.75) is 58.3 Å². The molecule has 16 heavy (non-hydrogen) atoms. The van der Waals surface area contributed by atoms with Crippen molar-refractivity contribution >= 4 is 5.97 Å². The van der Waals surface area contributed by atoms with Gasteiger partial charge in [-0.25, -0.2) is 0 Å². The van der Waals surface area contributed by atoms with E-state index in [4.69, 9.17) is 5.11 Å². The predicted molar refractivity (Wildman–Crippen MR) is 63.3 cm³/mol. The molecule has 1 saturated carbocycles. The van der Waals surface area contributed by atoms with Gasteiger partial charge >= 0.3 is 5.97 Å². The standard InChI is InChI=1S/C13H24O3/c1-2-13(12(15)16)9-6-4-3-5-7-11(13)8-10-14/h11,14H,2-10H2,1H3,(H,15,16). The Balaban J connectivity index is 2.87. The number of aliphatic carboxylic acids is 1. The molecule has 0 aromatic rings. The molecule has 0 radical (unpaired) electrons. The number of carboxylic acid groups (broad SMARTS) is 1. The minimum atomic E-state index is -0.657. The van der Waals surface area contributed by atoms with Crippen LogP contribution in [-0.4, -0.2) is 22.8 Å². The van der Waals surface area contributed by atoms with Gasteiger partial charge in [0.15, 0.2) is 0 Å². The van der Waals surface area contributed by atoms with Crippen molar-refractivity contribution in [1.29, 1.82) is 0 Å². The second kappa shape index (κ2) is 6.24. The van der Waals surface area contributed by atoms with Gasteiger partial charge in [-0.05, 0) is 31.6 Å². The van der Waals surface area contributed by atoms with Crippen LogP contribution in [0.4, 0.5) is 0 Å². The zero-order valence-corrected chi connectivity index (χ0v) is 10.2. The van der Waals surface area contributed by atoms with Gasteiger partial charge in [0, 0.05) is 6.61 Å². The fourth-order valence-corrected chi connectivity index (χ4v) is 3.14. The van der Waals surface area contributed by atoms with Gasteiger partial charge in [-0.3, -0.25) is 4.79 Å². The third-order valence-corrected chi connectivity index (χ3v) is 4.24. The van der Waals surface area contributed by atoms with Crippen LogP contribution < -0.4 is 0 Å². The monoisotopic (exact) mass is 228 g/mol. The smallest absolute Gasteiger partial charge is 0.309 e. The summed E-state index contributed by atoms with van der Waals surface area (Å²) >= 11 is 0. The maximum atomic E-state index is 11.6. The first-order valence-electron chi connectivity index (χ1n) is 6.51.